The molecule has 0 aliphatic carbocycles. The van der Waals surface area contributed by atoms with Crippen LogP contribution in [0.4, 0.5) is 0 Å². The molecule has 0 aliphatic heterocycles. The van der Waals surface area contributed by atoms with Crippen LogP contribution in [0.2, 0.25) is 0 Å². The van der Waals surface area contributed by atoms with E-state index in [1.54, 1.807) is 0 Å². The standard InChI is InChI=1S/C30H36N3/c1-22-7-13-31(14-8-22)19-28-25(4)29(20-32-15-9-23(2)10-16-32)27(6)30(26(28)5)21-33-17-11-24(3)12-18-33/h7-18H,19-21H2,1-6H3/q+3. The quantitative estimate of drug-likeness (QED) is 0.392. The maximum absolute atomic E-state index is 2.30. The van der Waals surface area contributed by atoms with Gasteiger partial charge in [-0.1, -0.05) is 0 Å². The topological polar surface area (TPSA) is 11.6 Å². The molecule has 0 bridgehead atoms. The van der Waals surface area contributed by atoms with Crippen molar-refractivity contribution in [2.24, 2.45) is 0 Å². The van der Waals surface area contributed by atoms with Gasteiger partial charge in [0.1, 0.15) is 0 Å². The zero-order chi connectivity index (χ0) is 23.5. The number of hydrogen-bond acceptors (Lipinski definition) is 0. The van der Waals surface area contributed by atoms with E-state index < -0.39 is 0 Å². The van der Waals surface area contributed by atoms with E-state index >= 15 is 0 Å². The number of hydrogen-bond donors (Lipinski definition) is 0. The van der Waals surface area contributed by atoms with E-state index in [0.717, 1.165) is 19.6 Å². The molecule has 0 saturated carbocycles. The van der Waals surface area contributed by atoms with Crippen molar-refractivity contribution in [3.05, 3.63) is 124 Å². The van der Waals surface area contributed by atoms with Gasteiger partial charge in [-0.2, -0.15) is 0 Å². The van der Waals surface area contributed by atoms with Crippen molar-refractivity contribution < 1.29 is 13.7 Å². The summed E-state index contributed by atoms with van der Waals surface area (Å²) in [5.74, 6) is 0. The largest absolute Gasteiger partial charge is 0.201 e. The number of rotatable bonds is 6. The van der Waals surface area contributed by atoms with Gasteiger partial charge in [0.25, 0.3) is 0 Å². The summed E-state index contributed by atoms with van der Waals surface area (Å²) < 4.78 is 6.88. The lowest BCUT2D eigenvalue weighted by Crippen LogP contribution is -2.38. The summed E-state index contributed by atoms with van der Waals surface area (Å²) in [7, 11) is 0. The van der Waals surface area contributed by atoms with Gasteiger partial charge in [-0.15, -0.1) is 0 Å². The molecule has 4 rings (SSSR count). The normalized spacial score (nSPS) is 11.1. The second kappa shape index (κ2) is 9.66. The molecule has 4 aromatic rings. The summed E-state index contributed by atoms with van der Waals surface area (Å²) in [6.07, 6.45) is 13.1. The van der Waals surface area contributed by atoms with Crippen molar-refractivity contribution in [1.82, 2.24) is 0 Å². The van der Waals surface area contributed by atoms with E-state index in [4.69, 9.17) is 0 Å². The second-order valence-corrected chi connectivity index (χ2v) is 9.45. The van der Waals surface area contributed by atoms with E-state index in [0.29, 0.717) is 0 Å². The molecule has 0 radical (unpaired) electrons. The molecular weight excluding hydrogens is 402 g/mol. The second-order valence-electron chi connectivity index (χ2n) is 9.45. The van der Waals surface area contributed by atoms with Crippen LogP contribution in [0, 0.1) is 41.5 Å². The molecule has 168 valence electrons. The van der Waals surface area contributed by atoms with E-state index in [1.807, 2.05) is 0 Å². The smallest absolute Gasteiger partial charge is 0.174 e. The number of benzene rings is 1. The minimum atomic E-state index is 0.884. The predicted octanol–water partition coefficient (Wildman–Crippen LogP) is 4.54. The maximum atomic E-state index is 2.30. The molecule has 33 heavy (non-hydrogen) atoms. The Hall–Kier alpha value is -3.33. The lowest BCUT2D eigenvalue weighted by molar-refractivity contribution is -0.690. The lowest BCUT2D eigenvalue weighted by atomic mass is 9.87. The van der Waals surface area contributed by atoms with Crippen molar-refractivity contribution in [3.63, 3.8) is 0 Å². The third-order valence-corrected chi connectivity index (χ3v) is 6.91. The fraction of sp³-hybridized carbons (Fsp3) is 0.300. The van der Waals surface area contributed by atoms with E-state index in [1.165, 1.54) is 50.1 Å². The molecule has 0 aliphatic rings. The van der Waals surface area contributed by atoms with Gasteiger partial charge >= 0.3 is 0 Å². The highest BCUT2D eigenvalue weighted by molar-refractivity contribution is 5.50. The molecule has 0 N–H and O–H groups in total. The van der Waals surface area contributed by atoms with Crippen LogP contribution >= 0.6 is 0 Å². The Kier molecular flexibility index (Phi) is 6.69. The first-order valence-corrected chi connectivity index (χ1v) is 11.8. The van der Waals surface area contributed by atoms with Crippen LogP contribution in [0.25, 0.3) is 0 Å². The Morgan fingerprint density at radius 3 is 0.818 bits per heavy atom. The van der Waals surface area contributed by atoms with Crippen LogP contribution in [-0.2, 0) is 19.6 Å². The van der Waals surface area contributed by atoms with Gasteiger partial charge in [-0.05, 0) is 74.9 Å². The van der Waals surface area contributed by atoms with Crippen molar-refractivity contribution in [3.8, 4) is 0 Å². The average molecular weight is 439 g/mol. The van der Waals surface area contributed by atoms with Crippen LogP contribution in [0.1, 0.15) is 50.1 Å². The fourth-order valence-corrected chi connectivity index (χ4v) is 4.56. The average Bonchev–Trinajstić information content (AvgIpc) is 2.81. The van der Waals surface area contributed by atoms with Gasteiger partial charge in [0.15, 0.2) is 56.8 Å². The zero-order valence-corrected chi connectivity index (χ0v) is 20.9. The first-order chi connectivity index (χ1) is 15.8. The molecule has 3 heterocycles. The van der Waals surface area contributed by atoms with Crippen molar-refractivity contribution >= 4 is 0 Å². The Bertz CT molecular complexity index is 1070. The van der Waals surface area contributed by atoms with Gasteiger partial charge in [-0.25, -0.2) is 13.7 Å². The van der Waals surface area contributed by atoms with Crippen LogP contribution < -0.4 is 13.7 Å². The Morgan fingerprint density at radius 1 is 0.394 bits per heavy atom. The first kappa shape index (κ1) is 22.8. The Morgan fingerprint density at radius 2 is 0.606 bits per heavy atom. The molecule has 0 fully saturated rings. The molecule has 3 heteroatoms. The minimum absolute atomic E-state index is 0.884. The van der Waals surface area contributed by atoms with Gasteiger partial charge in [-0.3, -0.25) is 0 Å². The molecule has 0 unspecified atom stereocenters. The van der Waals surface area contributed by atoms with Crippen molar-refractivity contribution in [2.45, 2.75) is 61.2 Å². The first-order valence-electron chi connectivity index (χ1n) is 11.8. The van der Waals surface area contributed by atoms with Crippen LogP contribution in [-0.4, -0.2) is 0 Å². The van der Waals surface area contributed by atoms with Crippen molar-refractivity contribution in [2.75, 3.05) is 0 Å². The van der Waals surface area contributed by atoms with Gasteiger partial charge < -0.3 is 0 Å². The summed E-state index contributed by atoms with van der Waals surface area (Å²) in [6, 6.07) is 13.1. The van der Waals surface area contributed by atoms with E-state index in [-0.39, 0.29) is 0 Å². The minimum Gasteiger partial charge on any atom is -0.201 e. The summed E-state index contributed by atoms with van der Waals surface area (Å²) in [5.41, 5.74) is 12.4. The third kappa shape index (κ3) is 5.19. The maximum Gasteiger partial charge on any atom is 0.174 e. The van der Waals surface area contributed by atoms with Crippen LogP contribution in [0.15, 0.2) is 73.6 Å². The number of nitrogens with zero attached hydrogens (tertiary/aromatic N) is 3. The molecule has 3 nitrogen and oxygen atoms in total. The van der Waals surface area contributed by atoms with Gasteiger partial charge in [0.2, 0.25) is 0 Å². The van der Waals surface area contributed by atoms with Gasteiger partial charge in [0, 0.05) is 53.1 Å². The predicted molar refractivity (Wildman–Crippen MR) is 132 cm³/mol. The molecule has 0 atom stereocenters. The lowest BCUT2D eigenvalue weighted by Gasteiger charge is -2.19. The zero-order valence-electron chi connectivity index (χ0n) is 20.9. The van der Waals surface area contributed by atoms with Gasteiger partial charge in [0.05, 0.1) is 0 Å². The van der Waals surface area contributed by atoms with Crippen molar-refractivity contribution in [1.29, 1.82) is 0 Å². The third-order valence-electron chi connectivity index (χ3n) is 6.91. The summed E-state index contributed by atoms with van der Waals surface area (Å²) in [4.78, 5) is 0. The summed E-state index contributed by atoms with van der Waals surface area (Å²) >= 11 is 0. The highest BCUT2D eigenvalue weighted by atomic mass is 14.9. The molecule has 0 amide bonds. The van der Waals surface area contributed by atoms with Crippen LogP contribution in [0.5, 0.6) is 0 Å². The molecular formula is C30H36N3+3. The molecule has 0 spiro atoms. The molecule has 1 aromatic carbocycles. The Labute approximate surface area is 198 Å². The molecule has 0 saturated heterocycles. The highest BCUT2D eigenvalue weighted by Crippen LogP contribution is 2.27. The summed E-state index contributed by atoms with van der Waals surface area (Å²) in [5, 5.41) is 0. The number of pyridine rings is 3. The fourth-order valence-electron chi connectivity index (χ4n) is 4.56. The summed E-state index contributed by atoms with van der Waals surface area (Å²) in [6.45, 7) is 16.0. The van der Waals surface area contributed by atoms with Crippen LogP contribution in [0.3, 0.4) is 0 Å². The number of aryl methyl sites for hydroxylation is 3. The molecule has 3 aromatic heterocycles. The number of aromatic nitrogens is 3. The monoisotopic (exact) mass is 438 g/mol. The highest BCUT2D eigenvalue weighted by Gasteiger charge is 2.23. The SMILES string of the molecule is Cc1cc[n+](Cc2c(C)c(C[n+]3ccc(C)cc3)c(C)c(C[n+]3ccc(C)cc3)c2C)cc1. The van der Waals surface area contributed by atoms with E-state index in [2.05, 4.69) is 129 Å². The van der Waals surface area contributed by atoms with E-state index in [9.17, 15) is 0 Å². The Balaban J connectivity index is 1.82.